The Balaban J connectivity index is 2.15. The number of rotatable bonds is 1. The molecule has 0 unspecified atom stereocenters. The maximum absolute atomic E-state index is 11.6. The van der Waals surface area contributed by atoms with Gasteiger partial charge >= 0.3 is 0 Å². The van der Waals surface area contributed by atoms with Crippen molar-refractivity contribution in [3.05, 3.63) is 29.7 Å². The maximum atomic E-state index is 11.6. The van der Waals surface area contributed by atoms with Crippen molar-refractivity contribution in [3.8, 4) is 5.00 Å². The van der Waals surface area contributed by atoms with Crippen molar-refractivity contribution in [1.82, 2.24) is 14.2 Å². The molecule has 0 bridgehead atoms. The third-order valence-electron chi connectivity index (χ3n) is 2.70. The van der Waals surface area contributed by atoms with Gasteiger partial charge in [-0.05, 0) is 18.9 Å². The van der Waals surface area contributed by atoms with Crippen molar-refractivity contribution in [2.75, 3.05) is 0 Å². The predicted molar refractivity (Wildman–Crippen MR) is 56.5 cm³/mol. The third-order valence-corrected chi connectivity index (χ3v) is 3.36. The first-order valence-electron chi connectivity index (χ1n) is 4.87. The highest BCUT2D eigenvalue weighted by Crippen LogP contribution is 2.25. The second-order valence-electron chi connectivity index (χ2n) is 3.58. The average molecular weight is 219 g/mol. The molecule has 0 saturated heterocycles. The lowest BCUT2D eigenvalue weighted by molar-refractivity contribution is 0.0972. The molecule has 2 heterocycles. The minimum absolute atomic E-state index is 0.257. The van der Waals surface area contributed by atoms with Gasteiger partial charge in [0.15, 0.2) is 5.78 Å². The molecule has 3 rings (SSSR count). The van der Waals surface area contributed by atoms with Gasteiger partial charge < -0.3 is 4.57 Å². The van der Waals surface area contributed by atoms with Crippen molar-refractivity contribution in [2.45, 2.75) is 19.3 Å². The van der Waals surface area contributed by atoms with Gasteiger partial charge in [0.1, 0.15) is 5.00 Å². The van der Waals surface area contributed by atoms with E-state index in [1.54, 1.807) is 6.20 Å². The van der Waals surface area contributed by atoms with Crippen LogP contribution in [0.1, 0.15) is 28.9 Å². The Labute approximate surface area is 90.7 Å². The van der Waals surface area contributed by atoms with E-state index < -0.39 is 0 Å². The molecule has 0 fully saturated rings. The Morgan fingerprint density at radius 3 is 3.13 bits per heavy atom. The Morgan fingerprint density at radius 1 is 1.40 bits per heavy atom. The van der Waals surface area contributed by atoms with Crippen LogP contribution >= 0.6 is 11.5 Å². The maximum Gasteiger partial charge on any atom is 0.164 e. The Hall–Kier alpha value is -1.49. The molecule has 76 valence electrons. The van der Waals surface area contributed by atoms with Gasteiger partial charge in [-0.25, -0.2) is 0 Å². The zero-order chi connectivity index (χ0) is 10.3. The smallest absolute Gasteiger partial charge is 0.164 e. The van der Waals surface area contributed by atoms with Crippen LogP contribution in [0.4, 0.5) is 0 Å². The second-order valence-corrected chi connectivity index (χ2v) is 4.34. The second kappa shape index (κ2) is 3.27. The number of nitrogens with zero attached hydrogens (tertiary/aromatic N) is 3. The molecular weight excluding hydrogens is 210 g/mol. The Kier molecular flexibility index (Phi) is 1.92. The first-order valence-corrected chi connectivity index (χ1v) is 5.65. The first-order chi connectivity index (χ1) is 7.36. The largest absolute Gasteiger partial charge is 0.309 e. The number of hydrogen-bond donors (Lipinski definition) is 0. The molecule has 2 aromatic rings. The van der Waals surface area contributed by atoms with E-state index >= 15 is 0 Å². The van der Waals surface area contributed by atoms with E-state index in [4.69, 9.17) is 0 Å². The zero-order valence-corrected chi connectivity index (χ0v) is 8.83. The molecule has 0 N–H and O–H groups in total. The SMILES string of the molecule is O=C1CCCc2c1ccn2-c1cnns1. The molecular formula is C10H9N3OS. The van der Waals surface area contributed by atoms with Crippen LogP contribution in [0.15, 0.2) is 18.5 Å². The number of Topliss-reactive ketones (excluding diaryl/α,β-unsaturated/α-hetero) is 1. The van der Waals surface area contributed by atoms with Gasteiger partial charge in [0.05, 0.1) is 6.20 Å². The summed E-state index contributed by atoms with van der Waals surface area (Å²) in [5.74, 6) is 0.257. The van der Waals surface area contributed by atoms with Crippen LogP contribution in [0.2, 0.25) is 0 Å². The number of ketones is 1. The van der Waals surface area contributed by atoms with Crippen LogP contribution in [0.25, 0.3) is 5.00 Å². The van der Waals surface area contributed by atoms with Crippen molar-refractivity contribution in [2.24, 2.45) is 0 Å². The summed E-state index contributed by atoms with van der Waals surface area (Å²) in [6, 6.07) is 1.90. The lowest BCUT2D eigenvalue weighted by Crippen LogP contribution is -2.11. The fraction of sp³-hybridized carbons (Fsp3) is 0.300. The van der Waals surface area contributed by atoms with Crippen LogP contribution in [0.5, 0.6) is 0 Å². The van der Waals surface area contributed by atoms with E-state index in [-0.39, 0.29) is 5.78 Å². The highest BCUT2D eigenvalue weighted by Gasteiger charge is 2.21. The predicted octanol–water partition coefficient (Wildman–Crippen LogP) is 1.85. The van der Waals surface area contributed by atoms with Crippen molar-refractivity contribution < 1.29 is 4.79 Å². The summed E-state index contributed by atoms with van der Waals surface area (Å²) >= 11 is 1.35. The topological polar surface area (TPSA) is 47.8 Å². The summed E-state index contributed by atoms with van der Waals surface area (Å²) in [5.41, 5.74) is 1.98. The number of carbonyl (C=O) groups excluding carboxylic acids is 1. The fourth-order valence-electron chi connectivity index (χ4n) is 2.00. The van der Waals surface area contributed by atoms with E-state index in [2.05, 4.69) is 9.59 Å². The number of fused-ring (bicyclic) bond motifs is 1. The van der Waals surface area contributed by atoms with Gasteiger partial charge in [-0.1, -0.05) is 4.49 Å². The van der Waals surface area contributed by atoms with Crippen molar-refractivity contribution in [3.63, 3.8) is 0 Å². The minimum atomic E-state index is 0.257. The summed E-state index contributed by atoms with van der Waals surface area (Å²) in [5, 5.41) is 4.79. The number of carbonyl (C=O) groups is 1. The minimum Gasteiger partial charge on any atom is -0.309 e. The summed E-state index contributed by atoms with van der Waals surface area (Å²) in [6.07, 6.45) is 6.25. The van der Waals surface area contributed by atoms with Crippen molar-refractivity contribution in [1.29, 1.82) is 0 Å². The number of hydrogen-bond acceptors (Lipinski definition) is 4. The van der Waals surface area contributed by atoms with E-state index in [1.807, 2.05) is 16.8 Å². The molecule has 4 nitrogen and oxygen atoms in total. The molecule has 1 aliphatic rings. The van der Waals surface area contributed by atoms with Gasteiger partial charge in [-0.15, -0.1) is 5.10 Å². The summed E-state index contributed by atoms with van der Waals surface area (Å²) in [6.45, 7) is 0. The van der Waals surface area contributed by atoms with Crippen LogP contribution in [0, 0.1) is 0 Å². The molecule has 0 atom stereocenters. The van der Waals surface area contributed by atoms with Gasteiger partial charge in [-0.3, -0.25) is 4.79 Å². The van der Waals surface area contributed by atoms with E-state index in [9.17, 15) is 4.79 Å². The van der Waals surface area contributed by atoms with Gasteiger partial charge in [0.2, 0.25) is 0 Å². The van der Waals surface area contributed by atoms with E-state index in [0.29, 0.717) is 6.42 Å². The fourth-order valence-corrected chi connectivity index (χ4v) is 2.53. The average Bonchev–Trinajstić information content (AvgIpc) is 2.85. The zero-order valence-electron chi connectivity index (χ0n) is 8.01. The molecule has 0 aliphatic heterocycles. The highest BCUT2D eigenvalue weighted by molar-refractivity contribution is 7.08. The van der Waals surface area contributed by atoms with Crippen LogP contribution in [-0.2, 0) is 6.42 Å². The molecule has 0 radical (unpaired) electrons. The molecule has 2 aromatic heterocycles. The Morgan fingerprint density at radius 2 is 2.33 bits per heavy atom. The lowest BCUT2D eigenvalue weighted by Gasteiger charge is -2.12. The monoisotopic (exact) mass is 219 g/mol. The quantitative estimate of drug-likeness (QED) is 0.735. The summed E-state index contributed by atoms with van der Waals surface area (Å²) < 4.78 is 5.86. The molecule has 1 aliphatic carbocycles. The third kappa shape index (κ3) is 1.31. The lowest BCUT2D eigenvalue weighted by atomic mass is 9.97. The van der Waals surface area contributed by atoms with Crippen LogP contribution < -0.4 is 0 Å². The molecule has 0 spiro atoms. The Bertz CT molecular complexity index is 501. The van der Waals surface area contributed by atoms with E-state index in [1.165, 1.54) is 11.5 Å². The molecule has 0 aromatic carbocycles. The molecule has 0 amide bonds. The first kappa shape index (κ1) is 8.79. The standard InChI is InChI=1S/C10H9N3OS/c14-9-3-1-2-8-7(9)4-5-13(8)10-6-11-12-15-10/h4-6H,1-3H2. The van der Waals surface area contributed by atoms with Gasteiger partial charge in [0.25, 0.3) is 0 Å². The van der Waals surface area contributed by atoms with Gasteiger partial charge in [-0.2, -0.15) is 0 Å². The normalized spacial score (nSPS) is 15.3. The van der Waals surface area contributed by atoms with Gasteiger partial charge in [0, 0.05) is 35.4 Å². The summed E-state index contributed by atoms with van der Waals surface area (Å²) in [4.78, 5) is 11.6. The molecule has 5 heteroatoms. The number of aromatic nitrogens is 3. The highest BCUT2D eigenvalue weighted by atomic mass is 32.1. The van der Waals surface area contributed by atoms with Crippen LogP contribution in [0.3, 0.4) is 0 Å². The van der Waals surface area contributed by atoms with Crippen LogP contribution in [-0.4, -0.2) is 19.9 Å². The van der Waals surface area contributed by atoms with Crippen molar-refractivity contribution >= 4 is 17.3 Å². The molecule has 15 heavy (non-hydrogen) atoms. The van der Waals surface area contributed by atoms with E-state index in [0.717, 1.165) is 29.1 Å². The summed E-state index contributed by atoms with van der Waals surface area (Å²) in [7, 11) is 0. The molecule has 0 saturated carbocycles.